The second-order valence-corrected chi connectivity index (χ2v) is 1.53. The van der Waals surface area contributed by atoms with Gasteiger partial charge in [0, 0.05) is 20.6 Å². The molecular weight excluding hydrogens is 131 g/mol. The monoisotopic (exact) mass is 144 g/mol. The molecule has 0 bridgehead atoms. The molecule has 0 radical (unpaired) electrons. The van der Waals surface area contributed by atoms with E-state index in [2.05, 4.69) is 4.74 Å². The molecule has 0 aliphatic rings. The van der Waals surface area contributed by atoms with Crippen LogP contribution in [0.1, 0.15) is 13.8 Å². The maximum atomic E-state index is 8.88. The van der Waals surface area contributed by atoms with Crippen molar-refractivity contribution in [3.05, 3.63) is 0 Å². The summed E-state index contributed by atoms with van der Waals surface area (Å²) in [6, 6.07) is 0. The van der Waals surface area contributed by atoms with Crippen molar-refractivity contribution in [2.45, 2.75) is 19.8 Å². The van der Waals surface area contributed by atoms with Gasteiger partial charge in [0.15, 0.2) is 0 Å². The molecule has 4 heteroatoms. The van der Waals surface area contributed by atoms with Crippen LogP contribution in [-0.2, 0) is 9.47 Å². The van der Waals surface area contributed by atoms with Gasteiger partial charge in [0.25, 0.3) is 5.97 Å². The number of ether oxygens (including phenoxy) is 2. The van der Waals surface area contributed by atoms with Crippen LogP contribution < -0.4 is 0 Å². The topological polar surface area (TPSA) is 38.7 Å². The predicted molar refractivity (Wildman–Crippen MR) is 36.4 cm³/mol. The summed E-state index contributed by atoms with van der Waals surface area (Å²) in [5.41, 5.74) is 0. The van der Waals surface area contributed by atoms with Gasteiger partial charge < -0.3 is 14.6 Å². The Morgan fingerprint density at radius 3 is 2.11 bits per heavy atom. The third kappa shape index (κ3) is 6.77. The van der Waals surface area contributed by atoms with Crippen LogP contribution in [0.3, 0.4) is 0 Å². The molecule has 3 nitrogen and oxygen atoms in total. The number of rotatable bonds is 3. The number of hydrogen-bond donors (Lipinski definition) is 1. The fourth-order valence-corrected chi connectivity index (χ4v) is 0.327. The van der Waals surface area contributed by atoms with Gasteiger partial charge in [0.2, 0.25) is 0 Å². The van der Waals surface area contributed by atoms with Crippen molar-refractivity contribution in [1.29, 1.82) is 0 Å². The van der Waals surface area contributed by atoms with Crippen LogP contribution in [-0.4, -0.2) is 54.4 Å². The van der Waals surface area contributed by atoms with Gasteiger partial charge in [-0.3, -0.25) is 0 Å². The second kappa shape index (κ2) is 5.65. The van der Waals surface area contributed by atoms with E-state index in [1.54, 1.807) is 6.92 Å². The van der Waals surface area contributed by atoms with Gasteiger partial charge in [0.1, 0.15) is 0 Å². The molecule has 1 N–H and O–H groups in total. The first-order chi connectivity index (χ1) is 3.62. The second-order valence-electron chi connectivity index (χ2n) is 1.53. The van der Waals surface area contributed by atoms with Crippen molar-refractivity contribution >= 4 is 29.6 Å². The molecule has 1 atom stereocenters. The van der Waals surface area contributed by atoms with E-state index in [0.717, 1.165) is 0 Å². The predicted octanol–water partition coefficient (Wildman–Crippen LogP) is -0.313. The Bertz CT molecular complexity index is 65.2. The van der Waals surface area contributed by atoms with Gasteiger partial charge in [-0.2, -0.15) is 0 Å². The quantitative estimate of drug-likeness (QED) is 0.436. The van der Waals surface area contributed by atoms with E-state index < -0.39 is 5.97 Å². The molecule has 0 saturated carbocycles. The van der Waals surface area contributed by atoms with Gasteiger partial charge in [-0.25, -0.2) is 0 Å². The first kappa shape index (κ1) is 12.5. The third-order valence-electron chi connectivity index (χ3n) is 0.791. The molecule has 0 aliphatic heterocycles. The van der Waals surface area contributed by atoms with E-state index in [1.807, 2.05) is 0 Å². The molecular formula is C5H13NaO3. The Balaban J connectivity index is 0. The van der Waals surface area contributed by atoms with E-state index in [1.165, 1.54) is 14.0 Å². The van der Waals surface area contributed by atoms with Crippen molar-refractivity contribution in [3.8, 4) is 0 Å². The summed E-state index contributed by atoms with van der Waals surface area (Å²) in [6.45, 7) is 3.67. The zero-order valence-corrected chi connectivity index (χ0v) is 5.47. The summed E-state index contributed by atoms with van der Waals surface area (Å²) < 4.78 is 9.22. The summed E-state index contributed by atoms with van der Waals surface area (Å²) in [4.78, 5) is 0. The summed E-state index contributed by atoms with van der Waals surface area (Å²) in [5.74, 6) is -1.41. The molecule has 0 spiro atoms. The summed E-state index contributed by atoms with van der Waals surface area (Å²) >= 11 is 0. The first-order valence-corrected chi connectivity index (χ1v) is 2.54. The molecule has 9 heavy (non-hydrogen) atoms. The molecule has 52 valence electrons. The fraction of sp³-hybridized carbons (Fsp3) is 1.00. The Morgan fingerprint density at radius 2 is 2.00 bits per heavy atom. The van der Waals surface area contributed by atoms with Crippen LogP contribution >= 0.6 is 0 Å². The van der Waals surface area contributed by atoms with E-state index in [4.69, 9.17) is 9.84 Å². The van der Waals surface area contributed by atoms with E-state index in [9.17, 15) is 0 Å². The first-order valence-electron chi connectivity index (χ1n) is 2.54. The molecule has 0 aromatic carbocycles. The third-order valence-corrected chi connectivity index (χ3v) is 0.791. The van der Waals surface area contributed by atoms with Gasteiger partial charge in [-0.05, 0) is 6.92 Å². The summed E-state index contributed by atoms with van der Waals surface area (Å²) in [5, 5.41) is 8.88. The zero-order valence-electron chi connectivity index (χ0n) is 5.47. The van der Waals surface area contributed by atoms with E-state index in [0.29, 0.717) is 6.61 Å². The fourth-order valence-electron chi connectivity index (χ4n) is 0.327. The summed E-state index contributed by atoms with van der Waals surface area (Å²) in [6.07, 6.45) is 0. The zero-order chi connectivity index (χ0) is 6.62. The van der Waals surface area contributed by atoms with E-state index in [-0.39, 0.29) is 29.6 Å². The number of methoxy groups -OCH3 is 1. The van der Waals surface area contributed by atoms with Gasteiger partial charge in [-0.15, -0.1) is 0 Å². The van der Waals surface area contributed by atoms with Crippen molar-refractivity contribution in [2.24, 2.45) is 0 Å². The number of aliphatic hydroxyl groups is 1. The molecule has 0 saturated heterocycles. The molecule has 0 aromatic heterocycles. The Morgan fingerprint density at radius 1 is 1.56 bits per heavy atom. The van der Waals surface area contributed by atoms with Crippen LogP contribution in [0.2, 0.25) is 0 Å². The normalized spacial score (nSPS) is 16.0. The molecule has 0 amide bonds. The minimum atomic E-state index is -1.41. The Hall–Kier alpha value is 0.880. The molecule has 0 aromatic rings. The number of hydrogen-bond acceptors (Lipinski definition) is 3. The van der Waals surface area contributed by atoms with Gasteiger partial charge in [-0.1, -0.05) is 0 Å². The Kier molecular flexibility index (Phi) is 7.87. The molecule has 0 aliphatic carbocycles. The van der Waals surface area contributed by atoms with Crippen LogP contribution in [0.5, 0.6) is 0 Å². The van der Waals surface area contributed by atoms with Crippen LogP contribution in [0.15, 0.2) is 0 Å². The van der Waals surface area contributed by atoms with Crippen molar-refractivity contribution in [1.82, 2.24) is 0 Å². The van der Waals surface area contributed by atoms with Gasteiger partial charge >= 0.3 is 29.6 Å². The maximum absolute atomic E-state index is 8.88. The molecule has 0 fully saturated rings. The SMILES string of the molecule is CCOC(C)(O)OC.[NaH]. The van der Waals surface area contributed by atoms with Crippen molar-refractivity contribution in [2.75, 3.05) is 13.7 Å². The van der Waals surface area contributed by atoms with Gasteiger partial charge in [0.05, 0.1) is 0 Å². The molecule has 0 rings (SSSR count). The van der Waals surface area contributed by atoms with Crippen molar-refractivity contribution in [3.63, 3.8) is 0 Å². The van der Waals surface area contributed by atoms with Crippen LogP contribution in [0.25, 0.3) is 0 Å². The standard InChI is InChI=1S/C5H12O3.Na.H/c1-4-8-5(2,6)7-3;;/h6H,4H2,1-3H3;;. The average molecular weight is 144 g/mol. The average Bonchev–Trinajstić information content (AvgIpc) is 1.67. The minimum absolute atomic E-state index is 0. The van der Waals surface area contributed by atoms with Crippen LogP contribution in [0.4, 0.5) is 0 Å². The molecule has 1 unspecified atom stereocenters. The summed E-state index contributed by atoms with van der Waals surface area (Å²) in [7, 11) is 1.38. The van der Waals surface area contributed by atoms with Crippen LogP contribution in [0, 0.1) is 0 Å². The van der Waals surface area contributed by atoms with E-state index >= 15 is 0 Å². The van der Waals surface area contributed by atoms with Crippen molar-refractivity contribution < 1.29 is 14.6 Å². The Labute approximate surface area is 77.6 Å². The molecule has 0 heterocycles.